The van der Waals surface area contributed by atoms with Crippen LogP contribution in [0.4, 0.5) is 5.82 Å². The van der Waals surface area contributed by atoms with Gasteiger partial charge in [0.05, 0.1) is 41.8 Å². The zero-order valence-electron chi connectivity index (χ0n) is 21.4. The van der Waals surface area contributed by atoms with Crippen LogP contribution in [0.15, 0.2) is 36.5 Å². The van der Waals surface area contributed by atoms with E-state index in [1.54, 1.807) is 24.5 Å². The molecule has 0 unspecified atom stereocenters. The number of rotatable bonds is 7. The van der Waals surface area contributed by atoms with Crippen molar-refractivity contribution in [3.05, 3.63) is 41.4 Å². The molecule has 0 spiro atoms. The summed E-state index contributed by atoms with van der Waals surface area (Å²) in [4.78, 5) is 30.4. The highest BCUT2D eigenvalue weighted by Crippen LogP contribution is 2.36. The highest BCUT2D eigenvalue weighted by Gasteiger charge is 2.22. The molecule has 0 aliphatic carbocycles. The number of aromatic nitrogens is 4. The lowest BCUT2D eigenvalue weighted by Gasteiger charge is -2.34. The van der Waals surface area contributed by atoms with E-state index in [2.05, 4.69) is 26.1 Å². The van der Waals surface area contributed by atoms with E-state index in [1.165, 1.54) is 0 Å². The summed E-state index contributed by atoms with van der Waals surface area (Å²) in [6, 6.07) is 8.07. The van der Waals surface area contributed by atoms with Crippen molar-refractivity contribution in [3.8, 4) is 11.4 Å². The van der Waals surface area contributed by atoms with Crippen LogP contribution in [0, 0.1) is 0 Å². The number of nitrogens with one attached hydrogen (secondary N) is 1. The Labute approximate surface area is 224 Å². The van der Waals surface area contributed by atoms with Crippen LogP contribution in [0.2, 0.25) is 0 Å². The smallest absolute Gasteiger partial charge is 0.246 e. The molecule has 0 saturated carbocycles. The lowest BCUT2D eigenvalue weighted by atomic mass is 10.1. The molecule has 4 aromatic rings. The topological polar surface area (TPSA) is 99.7 Å². The molecule has 2 fully saturated rings. The standard InChI is InChI=1S/C27H31N7O3S/c1-36-14-11-32-7-9-33(10-8-32)24(35)6-5-19-17-23-25(38-19)27(34-12-15-37-16-13-34)30-26(29-23)20-3-2-4-22-21(20)18-28-31-22/h2-6,17-18H,7-16H2,1H3,(H,28,31)/b6-5+. The summed E-state index contributed by atoms with van der Waals surface area (Å²) in [6.07, 6.45) is 5.41. The quantitative estimate of drug-likeness (QED) is 0.362. The van der Waals surface area contributed by atoms with E-state index in [0.717, 1.165) is 83.2 Å². The van der Waals surface area contributed by atoms with Gasteiger partial charge in [-0.3, -0.25) is 14.8 Å². The number of H-pyrrole nitrogens is 1. The lowest BCUT2D eigenvalue weighted by Crippen LogP contribution is -2.48. The van der Waals surface area contributed by atoms with E-state index in [-0.39, 0.29) is 5.91 Å². The third-order valence-corrected chi connectivity index (χ3v) is 8.18. The summed E-state index contributed by atoms with van der Waals surface area (Å²) in [6.45, 7) is 7.72. The van der Waals surface area contributed by atoms with Gasteiger partial charge < -0.3 is 19.3 Å². The number of hydrogen-bond acceptors (Lipinski definition) is 9. The van der Waals surface area contributed by atoms with Crippen molar-refractivity contribution >= 4 is 50.3 Å². The van der Waals surface area contributed by atoms with Gasteiger partial charge in [-0.2, -0.15) is 5.10 Å². The average molecular weight is 534 g/mol. The number of carbonyl (C=O) groups excluding carboxylic acids is 1. The summed E-state index contributed by atoms with van der Waals surface area (Å²) in [5.41, 5.74) is 2.77. The van der Waals surface area contributed by atoms with E-state index < -0.39 is 0 Å². The highest BCUT2D eigenvalue weighted by molar-refractivity contribution is 7.20. The van der Waals surface area contributed by atoms with Crippen LogP contribution in [0.3, 0.4) is 0 Å². The zero-order valence-corrected chi connectivity index (χ0v) is 22.2. The number of piperazine rings is 1. The van der Waals surface area contributed by atoms with Gasteiger partial charge in [-0.1, -0.05) is 12.1 Å². The molecule has 3 aromatic heterocycles. The molecule has 2 aliphatic heterocycles. The molecule has 0 atom stereocenters. The Hall–Kier alpha value is -3.38. The molecular formula is C27H31N7O3S. The van der Waals surface area contributed by atoms with Gasteiger partial charge in [0.2, 0.25) is 5.91 Å². The van der Waals surface area contributed by atoms with E-state index in [9.17, 15) is 4.79 Å². The molecule has 1 N–H and O–H groups in total. The Morgan fingerprint density at radius 3 is 2.82 bits per heavy atom. The Morgan fingerprint density at radius 2 is 2.00 bits per heavy atom. The van der Waals surface area contributed by atoms with Crippen LogP contribution in [-0.4, -0.2) is 109 Å². The molecule has 38 heavy (non-hydrogen) atoms. The van der Waals surface area contributed by atoms with Crippen LogP contribution in [0.1, 0.15) is 4.88 Å². The van der Waals surface area contributed by atoms with Crippen LogP contribution in [-0.2, 0) is 14.3 Å². The third-order valence-electron chi connectivity index (χ3n) is 7.09. The predicted octanol–water partition coefficient (Wildman–Crippen LogP) is 2.88. The Kier molecular flexibility index (Phi) is 7.32. The number of methoxy groups -OCH3 is 1. The zero-order chi connectivity index (χ0) is 25.9. The summed E-state index contributed by atoms with van der Waals surface area (Å²) >= 11 is 1.62. The molecule has 1 amide bonds. The van der Waals surface area contributed by atoms with Crippen LogP contribution >= 0.6 is 11.3 Å². The second-order valence-electron chi connectivity index (χ2n) is 9.46. The fraction of sp³-hybridized carbons (Fsp3) is 0.407. The number of morpholine rings is 1. The fourth-order valence-corrected chi connectivity index (χ4v) is 5.98. The fourth-order valence-electron chi connectivity index (χ4n) is 4.96. The number of hydrogen-bond donors (Lipinski definition) is 1. The second kappa shape index (κ2) is 11.2. The monoisotopic (exact) mass is 533 g/mol. The molecule has 198 valence electrons. The van der Waals surface area contributed by atoms with Crippen molar-refractivity contribution in [2.24, 2.45) is 0 Å². The van der Waals surface area contributed by atoms with Crippen molar-refractivity contribution in [2.45, 2.75) is 0 Å². The van der Waals surface area contributed by atoms with Gasteiger partial charge in [0.15, 0.2) is 11.6 Å². The maximum atomic E-state index is 12.9. The molecule has 0 bridgehead atoms. The van der Waals surface area contributed by atoms with E-state index in [4.69, 9.17) is 19.4 Å². The van der Waals surface area contributed by atoms with Gasteiger partial charge in [-0.15, -0.1) is 11.3 Å². The van der Waals surface area contributed by atoms with Crippen molar-refractivity contribution in [1.82, 2.24) is 30.0 Å². The summed E-state index contributed by atoms with van der Waals surface area (Å²) in [5, 5.41) is 8.22. The first kappa shape index (κ1) is 24.9. The minimum absolute atomic E-state index is 0.0423. The van der Waals surface area contributed by atoms with Gasteiger partial charge in [-0.05, 0) is 18.2 Å². The van der Waals surface area contributed by atoms with Crippen molar-refractivity contribution in [1.29, 1.82) is 0 Å². The molecule has 1 aromatic carbocycles. The van der Waals surface area contributed by atoms with E-state index in [0.29, 0.717) is 25.6 Å². The molecule has 0 radical (unpaired) electrons. The number of nitrogens with zero attached hydrogens (tertiary/aromatic N) is 6. The highest BCUT2D eigenvalue weighted by atomic mass is 32.1. The van der Waals surface area contributed by atoms with Gasteiger partial charge in [-0.25, -0.2) is 9.97 Å². The van der Waals surface area contributed by atoms with Crippen molar-refractivity contribution < 1.29 is 14.3 Å². The maximum Gasteiger partial charge on any atom is 0.246 e. The first-order valence-electron chi connectivity index (χ1n) is 12.9. The number of anilines is 1. The van der Waals surface area contributed by atoms with Gasteiger partial charge >= 0.3 is 0 Å². The van der Waals surface area contributed by atoms with E-state index >= 15 is 0 Å². The van der Waals surface area contributed by atoms with Crippen molar-refractivity contribution in [2.75, 3.05) is 77.6 Å². The van der Waals surface area contributed by atoms with E-state index in [1.807, 2.05) is 35.4 Å². The molecule has 2 saturated heterocycles. The first-order chi connectivity index (χ1) is 18.7. The Bertz CT molecular complexity index is 1450. The maximum absolute atomic E-state index is 12.9. The number of benzene rings is 1. The van der Waals surface area contributed by atoms with Crippen LogP contribution in [0.5, 0.6) is 0 Å². The minimum atomic E-state index is 0.0423. The molecule has 5 heterocycles. The molecule has 10 nitrogen and oxygen atoms in total. The number of thiophene rings is 1. The van der Waals surface area contributed by atoms with Crippen LogP contribution in [0.25, 0.3) is 38.6 Å². The number of ether oxygens (including phenoxy) is 2. The van der Waals surface area contributed by atoms with Gasteiger partial charge in [0.25, 0.3) is 0 Å². The third kappa shape index (κ3) is 5.14. The molecular weight excluding hydrogens is 502 g/mol. The lowest BCUT2D eigenvalue weighted by molar-refractivity contribution is -0.127. The normalized spacial score (nSPS) is 17.3. The Morgan fingerprint density at radius 1 is 1.16 bits per heavy atom. The summed E-state index contributed by atoms with van der Waals surface area (Å²) < 4.78 is 11.8. The number of fused-ring (bicyclic) bond motifs is 2. The number of amides is 1. The number of carbonyl (C=O) groups is 1. The minimum Gasteiger partial charge on any atom is -0.383 e. The Balaban J connectivity index is 1.28. The summed E-state index contributed by atoms with van der Waals surface area (Å²) in [5.74, 6) is 1.62. The first-order valence-corrected chi connectivity index (χ1v) is 13.8. The molecule has 11 heteroatoms. The van der Waals surface area contributed by atoms with Gasteiger partial charge in [0.1, 0.15) is 0 Å². The second-order valence-corrected chi connectivity index (χ2v) is 10.5. The molecule has 6 rings (SSSR count). The SMILES string of the molecule is COCCN1CCN(C(=O)/C=C/c2cc3nc(-c4cccc5[nH]ncc45)nc(N4CCOCC4)c3s2)CC1. The number of aromatic amines is 1. The summed E-state index contributed by atoms with van der Waals surface area (Å²) in [7, 11) is 1.72. The molecule has 2 aliphatic rings. The largest absolute Gasteiger partial charge is 0.383 e. The average Bonchev–Trinajstić information content (AvgIpc) is 3.62. The van der Waals surface area contributed by atoms with Crippen molar-refractivity contribution in [3.63, 3.8) is 0 Å². The predicted molar refractivity (Wildman–Crippen MR) is 149 cm³/mol. The van der Waals surface area contributed by atoms with Crippen LogP contribution < -0.4 is 4.90 Å². The van der Waals surface area contributed by atoms with Gasteiger partial charge in [0, 0.05) is 74.8 Å².